The molecule has 0 atom stereocenters. The van der Waals surface area contributed by atoms with E-state index in [1.807, 2.05) is 18.2 Å². The highest BCUT2D eigenvalue weighted by Gasteiger charge is 2.10. The molecule has 0 unspecified atom stereocenters. The van der Waals surface area contributed by atoms with Crippen molar-refractivity contribution in [2.24, 2.45) is 0 Å². The van der Waals surface area contributed by atoms with Crippen molar-refractivity contribution in [3.05, 3.63) is 24.3 Å². The van der Waals surface area contributed by atoms with Crippen molar-refractivity contribution < 1.29 is 4.74 Å². The summed E-state index contributed by atoms with van der Waals surface area (Å²) >= 11 is 1.71. The van der Waals surface area contributed by atoms with E-state index in [2.05, 4.69) is 21.7 Å². The Bertz CT molecular complexity index is 574. The van der Waals surface area contributed by atoms with E-state index in [-0.39, 0.29) is 0 Å². The van der Waals surface area contributed by atoms with Crippen molar-refractivity contribution >= 4 is 22.8 Å². The van der Waals surface area contributed by atoms with Gasteiger partial charge in [0.1, 0.15) is 0 Å². The van der Waals surface area contributed by atoms with E-state index in [4.69, 9.17) is 10.00 Å². The average Bonchev–Trinajstić information content (AvgIpc) is 2.79. The molecule has 0 bridgehead atoms. The van der Waals surface area contributed by atoms with Gasteiger partial charge in [0.05, 0.1) is 23.7 Å². The van der Waals surface area contributed by atoms with Crippen molar-refractivity contribution in [2.75, 3.05) is 19.5 Å². The van der Waals surface area contributed by atoms with E-state index >= 15 is 0 Å². The second-order valence-electron chi connectivity index (χ2n) is 4.14. The fourth-order valence-corrected chi connectivity index (χ4v) is 2.86. The first-order chi connectivity index (χ1) is 9.36. The molecular formula is C14H17N3OS. The van der Waals surface area contributed by atoms with Gasteiger partial charge < -0.3 is 9.30 Å². The molecule has 1 aromatic carbocycles. The molecule has 0 saturated carbocycles. The van der Waals surface area contributed by atoms with Crippen LogP contribution in [0.2, 0.25) is 0 Å². The van der Waals surface area contributed by atoms with Crippen LogP contribution < -0.4 is 0 Å². The highest BCUT2D eigenvalue weighted by atomic mass is 32.2. The van der Waals surface area contributed by atoms with Gasteiger partial charge >= 0.3 is 0 Å². The lowest BCUT2D eigenvalue weighted by Crippen LogP contribution is -2.05. The molecule has 2 aromatic rings. The summed E-state index contributed by atoms with van der Waals surface area (Å²) in [6.07, 6.45) is 1.50. The lowest BCUT2D eigenvalue weighted by molar-refractivity contribution is 0.186. The zero-order chi connectivity index (χ0) is 13.5. The Labute approximate surface area is 117 Å². The molecule has 0 aliphatic carbocycles. The number of thioether (sulfide) groups is 1. The SMILES string of the molecule is COCCn1c(SCCCC#N)nc2ccccc21. The number of nitrogens with zero attached hydrogens (tertiary/aromatic N) is 3. The third-order valence-corrected chi connectivity index (χ3v) is 3.87. The molecule has 0 N–H and O–H groups in total. The molecule has 0 spiro atoms. The zero-order valence-electron chi connectivity index (χ0n) is 11.0. The number of hydrogen-bond acceptors (Lipinski definition) is 4. The largest absolute Gasteiger partial charge is 0.383 e. The third-order valence-electron chi connectivity index (χ3n) is 2.80. The standard InChI is InChI=1S/C14H17N3OS/c1-18-10-9-17-13-7-3-2-6-12(13)16-14(17)19-11-5-4-8-15/h2-3,6-7H,4-5,9-11H2,1H3. The second-order valence-corrected chi connectivity index (χ2v) is 5.20. The first-order valence-corrected chi connectivity index (χ1v) is 7.29. The fraction of sp³-hybridized carbons (Fsp3) is 0.429. The number of hydrogen-bond donors (Lipinski definition) is 0. The van der Waals surface area contributed by atoms with Crippen molar-refractivity contribution in [3.8, 4) is 6.07 Å². The van der Waals surface area contributed by atoms with E-state index < -0.39 is 0 Å². The molecule has 0 aliphatic heterocycles. The predicted octanol–water partition coefficient (Wildman–Crippen LogP) is 3.08. The molecule has 0 amide bonds. The van der Waals surface area contributed by atoms with Gasteiger partial charge in [-0.2, -0.15) is 5.26 Å². The van der Waals surface area contributed by atoms with Gasteiger partial charge in [0, 0.05) is 25.8 Å². The van der Waals surface area contributed by atoms with Crippen LogP contribution >= 0.6 is 11.8 Å². The lowest BCUT2D eigenvalue weighted by Gasteiger charge is -2.07. The topological polar surface area (TPSA) is 50.8 Å². The molecule has 4 nitrogen and oxygen atoms in total. The van der Waals surface area contributed by atoms with Crippen molar-refractivity contribution in [2.45, 2.75) is 24.5 Å². The Morgan fingerprint density at radius 1 is 1.42 bits per heavy atom. The van der Waals surface area contributed by atoms with E-state index in [0.717, 1.165) is 34.9 Å². The molecular weight excluding hydrogens is 258 g/mol. The molecule has 0 aliphatic rings. The summed E-state index contributed by atoms with van der Waals surface area (Å²) in [5.74, 6) is 0.921. The zero-order valence-corrected chi connectivity index (χ0v) is 11.8. The summed E-state index contributed by atoms with van der Waals surface area (Å²) < 4.78 is 7.35. The van der Waals surface area contributed by atoms with Crippen LogP contribution in [0.1, 0.15) is 12.8 Å². The number of benzene rings is 1. The number of methoxy groups -OCH3 is 1. The van der Waals surface area contributed by atoms with Gasteiger partial charge in [-0.05, 0) is 18.6 Å². The van der Waals surface area contributed by atoms with Crippen LogP contribution in [0.5, 0.6) is 0 Å². The number of ether oxygens (including phenoxy) is 1. The van der Waals surface area contributed by atoms with Crippen LogP contribution in [-0.4, -0.2) is 29.0 Å². The molecule has 5 heteroatoms. The normalized spacial score (nSPS) is 10.7. The molecule has 1 heterocycles. The monoisotopic (exact) mass is 275 g/mol. The minimum atomic E-state index is 0.602. The Morgan fingerprint density at radius 2 is 2.26 bits per heavy atom. The van der Waals surface area contributed by atoms with Gasteiger partial charge in [0.2, 0.25) is 0 Å². The average molecular weight is 275 g/mol. The molecule has 1 aromatic heterocycles. The summed E-state index contributed by atoms with van der Waals surface area (Å²) in [4.78, 5) is 4.65. The van der Waals surface area contributed by atoms with E-state index in [1.165, 1.54) is 0 Å². The Hall–Kier alpha value is -1.51. The summed E-state index contributed by atoms with van der Waals surface area (Å²) in [6.45, 7) is 1.48. The Balaban J connectivity index is 2.18. The second kappa shape index (κ2) is 7.17. The molecule has 0 fully saturated rings. The highest BCUT2D eigenvalue weighted by Crippen LogP contribution is 2.24. The number of nitriles is 1. The van der Waals surface area contributed by atoms with E-state index in [1.54, 1.807) is 18.9 Å². The minimum Gasteiger partial charge on any atom is -0.383 e. The maximum absolute atomic E-state index is 8.55. The van der Waals surface area contributed by atoms with Gasteiger partial charge in [-0.1, -0.05) is 23.9 Å². The molecule has 2 rings (SSSR count). The van der Waals surface area contributed by atoms with Gasteiger partial charge in [0.15, 0.2) is 5.16 Å². The Morgan fingerprint density at radius 3 is 3.05 bits per heavy atom. The van der Waals surface area contributed by atoms with Crippen molar-refractivity contribution in [1.29, 1.82) is 5.26 Å². The van der Waals surface area contributed by atoms with Crippen molar-refractivity contribution in [3.63, 3.8) is 0 Å². The first kappa shape index (κ1) is 13.9. The van der Waals surface area contributed by atoms with Gasteiger partial charge in [-0.25, -0.2) is 4.98 Å². The van der Waals surface area contributed by atoms with E-state index in [0.29, 0.717) is 13.0 Å². The number of para-hydroxylation sites is 2. The third kappa shape index (κ3) is 3.49. The molecule has 0 saturated heterocycles. The number of unbranched alkanes of at least 4 members (excludes halogenated alkanes) is 1. The maximum atomic E-state index is 8.55. The first-order valence-electron chi connectivity index (χ1n) is 6.30. The summed E-state index contributed by atoms with van der Waals surface area (Å²) in [5.41, 5.74) is 2.16. The number of fused-ring (bicyclic) bond motifs is 1. The van der Waals surface area contributed by atoms with Gasteiger partial charge in [-0.15, -0.1) is 0 Å². The number of imidazole rings is 1. The lowest BCUT2D eigenvalue weighted by atomic mass is 10.3. The molecule has 0 radical (unpaired) electrons. The van der Waals surface area contributed by atoms with Crippen LogP contribution in [0, 0.1) is 11.3 Å². The van der Waals surface area contributed by atoms with Crippen LogP contribution in [-0.2, 0) is 11.3 Å². The number of aromatic nitrogens is 2. The smallest absolute Gasteiger partial charge is 0.169 e. The minimum absolute atomic E-state index is 0.602. The van der Waals surface area contributed by atoms with E-state index in [9.17, 15) is 0 Å². The van der Waals surface area contributed by atoms with Gasteiger partial charge in [0.25, 0.3) is 0 Å². The predicted molar refractivity (Wildman–Crippen MR) is 77.2 cm³/mol. The maximum Gasteiger partial charge on any atom is 0.169 e. The van der Waals surface area contributed by atoms with Crippen LogP contribution in [0.15, 0.2) is 29.4 Å². The molecule has 19 heavy (non-hydrogen) atoms. The highest BCUT2D eigenvalue weighted by molar-refractivity contribution is 7.99. The fourth-order valence-electron chi connectivity index (χ4n) is 1.88. The summed E-state index contributed by atoms with van der Waals surface area (Å²) in [7, 11) is 1.71. The summed E-state index contributed by atoms with van der Waals surface area (Å²) in [6, 6.07) is 10.3. The van der Waals surface area contributed by atoms with Crippen molar-refractivity contribution in [1.82, 2.24) is 9.55 Å². The van der Waals surface area contributed by atoms with Crippen LogP contribution in [0.4, 0.5) is 0 Å². The van der Waals surface area contributed by atoms with Crippen LogP contribution in [0.25, 0.3) is 11.0 Å². The quantitative estimate of drug-likeness (QED) is 0.575. The van der Waals surface area contributed by atoms with Crippen LogP contribution in [0.3, 0.4) is 0 Å². The van der Waals surface area contributed by atoms with Gasteiger partial charge in [-0.3, -0.25) is 0 Å². The number of rotatable bonds is 7. The summed E-state index contributed by atoms with van der Waals surface area (Å²) in [5, 5.41) is 9.56. The Kier molecular flexibility index (Phi) is 5.25. The molecule has 100 valence electrons.